The molecule has 0 fully saturated rings. The zero-order chi connectivity index (χ0) is 15.6. The highest BCUT2D eigenvalue weighted by Gasteiger charge is 2.33. The molecule has 0 heterocycles. The molecule has 0 aliphatic heterocycles. The average molecular weight is 366 g/mol. The van der Waals surface area contributed by atoms with Crippen molar-refractivity contribution in [3.05, 3.63) is 63.6 Å². The maximum Gasteiger partial charge on any atom is 0.418 e. The van der Waals surface area contributed by atoms with E-state index in [1.54, 1.807) is 0 Å². The van der Waals surface area contributed by atoms with Gasteiger partial charge in [-0.15, -0.1) is 0 Å². The molecule has 0 aliphatic rings. The largest absolute Gasteiger partial charge is 0.418 e. The molecule has 0 saturated carbocycles. The Kier molecular flexibility index (Phi) is 4.51. The number of hydrogen-bond donors (Lipinski definition) is 1. The maximum atomic E-state index is 13.5. The molecular formula is C14H9BrF5N. The van der Waals surface area contributed by atoms with Crippen LogP contribution in [0.5, 0.6) is 0 Å². The molecule has 7 heteroatoms. The lowest BCUT2D eigenvalue weighted by atomic mass is 10.1. The molecular weight excluding hydrogens is 357 g/mol. The highest BCUT2D eigenvalue weighted by atomic mass is 79.9. The third-order valence-corrected chi connectivity index (χ3v) is 3.28. The van der Waals surface area contributed by atoms with Gasteiger partial charge in [0.1, 0.15) is 0 Å². The van der Waals surface area contributed by atoms with Gasteiger partial charge in [-0.2, -0.15) is 13.2 Å². The van der Waals surface area contributed by atoms with Crippen molar-refractivity contribution in [3.63, 3.8) is 0 Å². The van der Waals surface area contributed by atoms with Gasteiger partial charge in [0.25, 0.3) is 0 Å². The molecule has 0 unspecified atom stereocenters. The van der Waals surface area contributed by atoms with Crippen molar-refractivity contribution in [1.29, 1.82) is 0 Å². The van der Waals surface area contributed by atoms with Crippen molar-refractivity contribution in [2.75, 3.05) is 5.32 Å². The van der Waals surface area contributed by atoms with Crippen molar-refractivity contribution < 1.29 is 22.0 Å². The zero-order valence-electron chi connectivity index (χ0n) is 10.4. The maximum absolute atomic E-state index is 13.5. The second-order valence-corrected chi connectivity index (χ2v) is 5.17. The predicted molar refractivity (Wildman–Crippen MR) is 72.8 cm³/mol. The third kappa shape index (κ3) is 3.72. The van der Waals surface area contributed by atoms with Crippen LogP contribution in [0.4, 0.5) is 27.6 Å². The summed E-state index contributed by atoms with van der Waals surface area (Å²) in [5.74, 6) is -2.11. The molecule has 0 aliphatic carbocycles. The van der Waals surface area contributed by atoms with Crippen LogP contribution in [0.3, 0.4) is 0 Å². The lowest BCUT2D eigenvalue weighted by Gasteiger charge is -2.15. The van der Waals surface area contributed by atoms with Crippen LogP contribution in [0.15, 0.2) is 40.9 Å². The van der Waals surface area contributed by atoms with Gasteiger partial charge in [-0.1, -0.05) is 28.1 Å². The van der Waals surface area contributed by atoms with E-state index in [0.29, 0.717) is 0 Å². The molecule has 2 rings (SSSR count). The molecule has 2 aromatic carbocycles. The molecule has 0 spiro atoms. The monoisotopic (exact) mass is 365 g/mol. The predicted octanol–water partition coefficient (Wildman–Crippen LogP) is 5.36. The second kappa shape index (κ2) is 6.01. The lowest BCUT2D eigenvalue weighted by molar-refractivity contribution is -0.137. The van der Waals surface area contributed by atoms with E-state index in [4.69, 9.17) is 0 Å². The second-order valence-electron chi connectivity index (χ2n) is 4.25. The molecule has 1 nitrogen and oxygen atoms in total. The normalized spacial score (nSPS) is 11.5. The smallest absolute Gasteiger partial charge is 0.380 e. The Morgan fingerprint density at radius 3 is 2.43 bits per heavy atom. The standard InChI is InChI=1S/C14H9BrF5N/c15-9-4-5-12(10(6-9)14(18,19)20)21-7-8-2-1-3-11(16)13(8)17/h1-6,21H,7H2. The lowest BCUT2D eigenvalue weighted by Crippen LogP contribution is -2.11. The molecule has 0 radical (unpaired) electrons. The molecule has 21 heavy (non-hydrogen) atoms. The van der Waals surface area contributed by atoms with Gasteiger partial charge in [-0.05, 0) is 24.3 Å². The topological polar surface area (TPSA) is 12.0 Å². The van der Waals surface area contributed by atoms with Gasteiger partial charge in [0.05, 0.1) is 5.56 Å². The minimum absolute atomic E-state index is 0.0500. The van der Waals surface area contributed by atoms with Crippen LogP contribution in [-0.2, 0) is 12.7 Å². The fraction of sp³-hybridized carbons (Fsp3) is 0.143. The summed E-state index contributed by atoms with van der Waals surface area (Å²) in [5.41, 5.74) is -1.13. The van der Waals surface area contributed by atoms with Crippen LogP contribution < -0.4 is 5.32 Å². The van der Waals surface area contributed by atoms with E-state index in [9.17, 15) is 22.0 Å². The van der Waals surface area contributed by atoms with Gasteiger partial charge in [-0.25, -0.2) is 8.78 Å². The van der Waals surface area contributed by atoms with Gasteiger partial charge >= 0.3 is 6.18 Å². The fourth-order valence-corrected chi connectivity index (χ4v) is 2.14. The third-order valence-electron chi connectivity index (χ3n) is 2.79. The Bertz CT molecular complexity index is 654. The summed E-state index contributed by atoms with van der Waals surface area (Å²) in [7, 11) is 0. The molecule has 0 amide bonds. The number of rotatable bonds is 3. The van der Waals surface area contributed by atoms with E-state index in [0.717, 1.165) is 12.1 Å². The molecule has 0 atom stereocenters. The van der Waals surface area contributed by atoms with Crippen LogP contribution >= 0.6 is 15.9 Å². The zero-order valence-corrected chi connectivity index (χ0v) is 12.0. The van der Waals surface area contributed by atoms with Crippen molar-refractivity contribution in [3.8, 4) is 0 Å². The highest BCUT2D eigenvalue weighted by molar-refractivity contribution is 9.10. The van der Waals surface area contributed by atoms with Crippen LogP contribution in [0.1, 0.15) is 11.1 Å². The van der Waals surface area contributed by atoms with Crippen LogP contribution in [0.25, 0.3) is 0 Å². The first-order valence-corrected chi connectivity index (χ1v) is 6.62. The minimum atomic E-state index is -4.55. The Hall–Kier alpha value is -1.63. The van der Waals surface area contributed by atoms with E-state index in [2.05, 4.69) is 21.2 Å². The Labute approximate surface area is 125 Å². The minimum Gasteiger partial charge on any atom is -0.380 e. The first-order valence-electron chi connectivity index (χ1n) is 5.82. The average Bonchev–Trinajstić information content (AvgIpc) is 2.40. The van der Waals surface area contributed by atoms with Gasteiger partial charge in [-0.3, -0.25) is 0 Å². The first kappa shape index (κ1) is 15.8. The summed E-state index contributed by atoms with van der Waals surface area (Å²) in [5, 5.41) is 2.48. The van der Waals surface area contributed by atoms with Gasteiger partial charge in [0.15, 0.2) is 11.6 Å². The van der Waals surface area contributed by atoms with Gasteiger partial charge < -0.3 is 5.32 Å². The number of anilines is 1. The molecule has 112 valence electrons. The molecule has 2 aromatic rings. The number of hydrogen-bond acceptors (Lipinski definition) is 1. The Balaban J connectivity index is 2.26. The molecule has 1 N–H and O–H groups in total. The van der Waals surface area contributed by atoms with Crippen molar-refractivity contribution >= 4 is 21.6 Å². The van der Waals surface area contributed by atoms with E-state index >= 15 is 0 Å². The van der Waals surface area contributed by atoms with Crippen molar-refractivity contribution in [2.45, 2.75) is 12.7 Å². The van der Waals surface area contributed by atoms with Crippen LogP contribution in [0, 0.1) is 11.6 Å². The van der Waals surface area contributed by atoms with Crippen LogP contribution in [-0.4, -0.2) is 0 Å². The quantitative estimate of drug-likeness (QED) is 0.722. The van der Waals surface area contributed by atoms with E-state index < -0.39 is 23.4 Å². The van der Waals surface area contributed by atoms with Crippen molar-refractivity contribution in [1.82, 2.24) is 0 Å². The number of benzene rings is 2. The van der Waals surface area contributed by atoms with Crippen LogP contribution in [0.2, 0.25) is 0 Å². The van der Waals surface area contributed by atoms with Gasteiger partial charge in [0, 0.05) is 22.3 Å². The van der Waals surface area contributed by atoms with E-state index in [1.807, 2.05) is 0 Å². The summed E-state index contributed by atoms with van der Waals surface area (Å²) in [6.07, 6.45) is -4.55. The fourth-order valence-electron chi connectivity index (χ4n) is 1.78. The summed E-state index contributed by atoms with van der Waals surface area (Å²) in [4.78, 5) is 0. The van der Waals surface area contributed by atoms with Crippen molar-refractivity contribution in [2.24, 2.45) is 0 Å². The van der Waals surface area contributed by atoms with E-state index in [-0.39, 0.29) is 22.3 Å². The number of alkyl halides is 3. The highest BCUT2D eigenvalue weighted by Crippen LogP contribution is 2.36. The summed E-state index contributed by atoms with van der Waals surface area (Å²) < 4.78 is 65.5. The SMILES string of the molecule is Fc1cccc(CNc2ccc(Br)cc2C(F)(F)F)c1F. The number of halogens is 6. The summed E-state index contributed by atoms with van der Waals surface area (Å²) in [6.45, 7) is -0.256. The number of nitrogens with one attached hydrogen (secondary N) is 1. The summed E-state index contributed by atoms with van der Waals surface area (Å²) >= 11 is 2.97. The Morgan fingerprint density at radius 2 is 1.76 bits per heavy atom. The molecule has 0 aromatic heterocycles. The first-order chi connectivity index (χ1) is 9.79. The van der Waals surface area contributed by atoms with Gasteiger partial charge in [0.2, 0.25) is 0 Å². The summed E-state index contributed by atoms with van der Waals surface area (Å²) in [6, 6.07) is 7.12. The molecule has 0 bridgehead atoms. The molecule has 0 saturated heterocycles. The Morgan fingerprint density at radius 1 is 1.05 bits per heavy atom. The van der Waals surface area contributed by atoms with E-state index in [1.165, 1.54) is 24.3 Å².